The first-order valence-corrected chi connectivity index (χ1v) is 9.31. The third-order valence-corrected chi connectivity index (χ3v) is 5.18. The van der Waals surface area contributed by atoms with Gasteiger partial charge in [0, 0.05) is 18.1 Å². The van der Waals surface area contributed by atoms with Crippen molar-refractivity contribution >= 4 is 25.5 Å². The van der Waals surface area contributed by atoms with E-state index in [1.54, 1.807) is 13.0 Å². The van der Waals surface area contributed by atoms with Crippen LogP contribution >= 0.6 is 0 Å². The number of hydrogen-bond donors (Lipinski definition) is 1. The van der Waals surface area contributed by atoms with Crippen LogP contribution < -0.4 is 4.72 Å². The summed E-state index contributed by atoms with van der Waals surface area (Å²) in [6.07, 6.45) is 2.51. The Morgan fingerprint density at radius 3 is 2.29 bits per heavy atom. The second-order valence-corrected chi connectivity index (χ2v) is 8.24. The quantitative estimate of drug-likeness (QED) is 0.921. The summed E-state index contributed by atoms with van der Waals surface area (Å²) in [4.78, 5) is 3.82. The van der Waals surface area contributed by atoms with Gasteiger partial charge in [-0.15, -0.1) is 0 Å². The number of sulfone groups is 1. The van der Waals surface area contributed by atoms with Crippen molar-refractivity contribution < 1.29 is 16.8 Å². The van der Waals surface area contributed by atoms with Crippen LogP contribution in [0.4, 0.5) is 5.69 Å². The first-order valence-electron chi connectivity index (χ1n) is 5.94. The van der Waals surface area contributed by atoms with Crippen molar-refractivity contribution in [1.82, 2.24) is 4.98 Å². The molecule has 6 nitrogen and oxygen atoms in total. The van der Waals surface area contributed by atoms with Gasteiger partial charge in [-0.05, 0) is 37.3 Å². The van der Waals surface area contributed by atoms with E-state index in [-0.39, 0.29) is 9.79 Å². The summed E-state index contributed by atoms with van der Waals surface area (Å²) in [5.41, 5.74) is 1.03. The number of pyridine rings is 1. The fourth-order valence-corrected chi connectivity index (χ4v) is 3.53. The van der Waals surface area contributed by atoms with Gasteiger partial charge in [-0.25, -0.2) is 16.8 Å². The molecule has 1 heterocycles. The third-order valence-electron chi connectivity index (χ3n) is 2.69. The lowest BCUT2D eigenvalue weighted by atomic mass is 10.3. The van der Waals surface area contributed by atoms with E-state index in [1.807, 2.05) is 0 Å². The Bertz CT molecular complexity index is 875. The minimum Gasteiger partial charge on any atom is -0.280 e. The van der Waals surface area contributed by atoms with Crippen LogP contribution in [0.25, 0.3) is 0 Å². The highest BCUT2D eigenvalue weighted by Gasteiger charge is 2.17. The average molecular weight is 326 g/mol. The summed E-state index contributed by atoms with van der Waals surface area (Å²) in [6.45, 7) is 1.74. The van der Waals surface area contributed by atoms with Crippen LogP contribution in [0.2, 0.25) is 0 Å². The maximum Gasteiger partial charge on any atom is 0.261 e. The summed E-state index contributed by atoms with van der Waals surface area (Å²) in [7, 11) is -7.32. The van der Waals surface area contributed by atoms with Crippen molar-refractivity contribution in [2.45, 2.75) is 16.7 Å². The highest BCUT2D eigenvalue weighted by atomic mass is 32.2. The van der Waals surface area contributed by atoms with Crippen LogP contribution in [0.5, 0.6) is 0 Å². The molecule has 0 spiro atoms. The molecule has 0 unspecified atom stereocenters. The zero-order valence-electron chi connectivity index (χ0n) is 11.4. The zero-order chi connectivity index (χ0) is 15.7. The predicted octanol–water partition coefficient (Wildman–Crippen LogP) is 1.59. The molecule has 0 fully saturated rings. The molecule has 112 valence electrons. The second kappa shape index (κ2) is 5.45. The van der Waals surface area contributed by atoms with Crippen molar-refractivity contribution in [3.8, 4) is 0 Å². The van der Waals surface area contributed by atoms with Crippen molar-refractivity contribution in [3.05, 3.63) is 48.3 Å². The largest absolute Gasteiger partial charge is 0.280 e. The highest BCUT2D eigenvalue weighted by molar-refractivity contribution is 7.93. The van der Waals surface area contributed by atoms with Gasteiger partial charge in [0.15, 0.2) is 9.84 Å². The van der Waals surface area contributed by atoms with Gasteiger partial charge >= 0.3 is 0 Å². The van der Waals surface area contributed by atoms with Gasteiger partial charge in [-0.1, -0.05) is 6.07 Å². The second-order valence-electron chi connectivity index (χ2n) is 4.54. The van der Waals surface area contributed by atoms with Crippen LogP contribution in [0.1, 0.15) is 5.69 Å². The van der Waals surface area contributed by atoms with Crippen molar-refractivity contribution in [3.63, 3.8) is 0 Å². The molecule has 21 heavy (non-hydrogen) atoms. The molecule has 1 aromatic heterocycles. The first-order chi connectivity index (χ1) is 9.68. The Morgan fingerprint density at radius 1 is 1.00 bits per heavy atom. The standard InChI is InChI=1S/C13H14N2O4S2/c1-10-8-11(6-7-14-10)15-21(18,19)13-5-3-4-12(9-13)20(2,16)17/h3-9H,1-2H3,(H,14,15). The summed E-state index contributed by atoms with van der Waals surface area (Å²) < 4.78 is 49.9. The van der Waals surface area contributed by atoms with E-state index in [0.717, 1.165) is 12.3 Å². The van der Waals surface area contributed by atoms with Crippen LogP contribution in [-0.4, -0.2) is 28.1 Å². The normalized spacial score (nSPS) is 12.1. The number of sulfonamides is 1. The first kappa shape index (κ1) is 15.5. The summed E-state index contributed by atoms with van der Waals surface area (Å²) in [5, 5.41) is 0. The molecule has 0 aliphatic heterocycles. The van der Waals surface area contributed by atoms with Crippen LogP contribution in [0, 0.1) is 6.92 Å². The minimum atomic E-state index is -3.86. The molecule has 0 radical (unpaired) electrons. The van der Waals surface area contributed by atoms with Gasteiger partial charge in [0.1, 0.15) is 0 Å². The SMILES string of the molecule is Cc1cc(NS(=O)(=O)c2cccc(S(C)(=O)=O)c2)ccn1. The summed E-state index contributed by atoms with van der Waals surface area (Å²) >= 11 is 0. The average Bonchev–Trinajstić information content (AvgIpc) is 2.37. The Hall–Kier alpha value is -1.93. The van der Waals surface area contributed by atoms with Gasteiger partial charge in [-0.2, -0.15) is 0 Å². The van der Waals surface area contributed by atoms with E-state index in [1.165, 1.54) is 30.5 Å². The molecule has 2 rings (SSSR count). The van der Waals surface area contributed by atoms with Gasteiger partial charge in [0.2, 0.25) is 0 Å². The van der Waals surface area contributed by atoms with E-state index in [9.17, 15) is 16.8 Å². The number of anilines is 1. The minimum absolute atomic E-state index is 0.0451. The van der Waals surface area contributed by atoms with Crippen molar-refractivity contribution in [2.24, 2.45) is 0 Å². The lowest BCUT2D eigenvalue weighted by Gasteiger charge is -2.09. The van der Waals surface area contributed by atoms with Crippen LogP contribution in [0.15, 0.2) is 52.4 Å². The molecule has 1 aromatic carbocycles. The van der Waals surface area contributed by atoms with E-state index >= 15 is 0 Å². The monoisotopic (exact) mass is 326 g/mol. The number of nitrogens with zero attached hydrogens (tertiary/aromatic N) is 1. The zero-order valence-corrected chi connectivity index (χ0v) is 13.1. The molecule has 0 saturated carbocycles. The molecular formula is C13H14N2O4S2. The molecular weight excluding hydrogens is 312 g/mol. The lowest BCUT2D eigenvalue weighted by Crippen LogP contribution is -2.13. The molecule has 0 saturated heterocycles. The number of hydrogen-bond acceptors (Lipinski definition) is 5. The smallest absolute Gasteiger partial charge is 0.261 e. The van der Waals surface area contributed by atoms with Gasteiger partial charge in [-0.3, -0.25) is 9.71 Å². The molecule has 0 aliphatic rings. The number of benzene rings is 1. The van der Waals surface area contributed by atoms with E-state index in [0.29, 0.717) is 11.4 Å². The molecule has 0 amide bonds. The summed E-state index contributed by atoms with van der Waals surface area (Å²) in [5.74, 6) is 0. The Kier molecular flexibility index (Phi) is 4.02. The van der Waals surface area contributed by atoms with Crippen molar-refractivity contribution in [2.75, 3.05) is 11.0 Å². The highest BCUT2D eigenvalue weighted by Crippen LogP contribution is 2.19. The Labute approximate surface area is 123 Å². The number of rotatable bonds is 4. The number of aromatic nitrogens is 1. The summed E-state index contributed by atoms with van der Waals surface area (Å²) in [6, 6.07) is 8.31. The maximum atomic E-state index is 12.3. The molecule has 0 bridgehead atoms. The molecule has 1 N–H and O–H groups in total. The Morgan fingerprint density at radius 2 is 1.67 bits per heavy atom. The van der Waals surface area contributed by atoms with Crippen LogP contribution in [-0.2, 0) is 19.9 Å². The van der Waals surface area contributed by atoms with E-state index < -0.39 is 19.9 Å². The molecule has 0 aliphatic carbocycles. The third kappa shape index (κ3) is 3.79. The number of aryl methyl sites for hydroxylation is 1. The Balaban J connectivity index is 2.41. The van der Waals surface area contributed by atoms with E-state index in [4.69, 9.17) is 0 Å². The predicted molar refractivity (Wildman–Crippen MR) is 79.3 cm³/mol. The molecule has 2 aromatic rings. The van der Waals surface area contributed by atoms with Gasteiger partial charge < -0.3 is 0 Å². The maximum absolute atomic E-state index is 12.3. The number of nitrogens with one attached hydrogen (secondary N) is 1. The van der Waals surface area contributed by atoms with Gasteiger partial charge in [0.25, 0.3) is 10.0 Å². The van der Waals surface area contributed by atoms with Crippen molar-refractivity contribution in [1.29, 1.82) is 0 Å². The van der Waals surface area contributed by atoms with Gasteiger partial charge in [0.05, 0.1) is 15.5 Å². The fraction of sp³-hybridized carbons (Fsp3) is 0.154. The lowest BCUT2D eigenvalue weighted by molar-refractivity contribution is 0.599. The fourth-order valence-electron chi connectivity index (χ4n) is 1.70. The molecule has 8 heteroatoms. The topological polar surface area (TPSA) is 93.2 Å². The van der Waals surface area contributed by atoms with Crippen LogP contribution in [0.3, 0.4) is 0 Å². The van der Waals surface area contributed by atoms with E-state index in [2.05, 4.69) is 9.71 Å². The molecule has 0 atom stereocenters.